The smallest absolute Gasteiger partial charge is 0.305 e. The first kappa shape index (κ1) is 21.3. The Balaban J connectivity index is 1.54. The van der Waals surface area contributed by atoms with Crippen LogP contribution in [-0.4, -0.2) is 30.1 Å². The van der Waals surface area contributed by atoms with E-state index in [9.17, 15) is 14.7 Å². The number of aliphatic hydroxyl groups is 1. The lowest BCUT2D eigenvalue weighted by atomic mass is 9.44. The molecule has 0 heterocycles. The summed E-state index contributed by atoms with van der Waals surface area (Å²) in [7, 11) is 1.45. The third-order valence-corrected chi connectivity index (χ3v) is 10.3. The zero-order valence-corrected chi connectivity index (χ0v) is 18.8. The Bertz CT molecular complexity index is 659. The predicted molar refractivity (Wildman–Crippen MR) is 112 cm³/mol. The number of rotatable bonds is 4. The van der Waals surface area contributed by atoms with Crippen molar-refractivity contribution in [2.24, 2.45) is 46.3 Å². The van der Waals surface area contributed by atoms with Gasteiger partial charge in [0.2, 0.25) is 0 Å². The average molecular weight is 405 g/mol. The molecule has 0 unspecified atom stereocenters. The van der Waals surface area contributed by atoms with Gasteiger partial charge in [-0.1, -0.05) is 20.8 Å². The Hall–Kier alpha value is -0.900. The zero-order valence-electron chi connectivity index (χ0n) is 18.8. The van der Waals surface area contributed by atoms with Crippen LogP contribution in [0.5, 0.6) is 0 Å². The maximum Gasteiger partial charge on any atom is 0.305 e. The van der Waals surface area contributed by atoms with Crippen molar-refractivity contribution in [3.63, 3.8) is 0 Å². The van der Waals surface area contributed by atoms with Crippen LogP contribution in [-0.2, 0) is 14.3 Å². The summed E-state index contributed by atoms with van der Waals surface area (Å²) in [6.45, 7) is 6.94. The van der Waals surface area contributed by atoms with Gasteiger partial charge in [-0.2, -0.15) is 0 Å². The predicted octanol–water partition coefficient (Wildman–Crippen LogP) is 4.77. The molecule has 0 aromatic heterocycles. The van der Waals surface area contributed by atoms with Gasteiger partial charge in [-0.3, -0.25) is 9.59 Å². The lowest BCUT2D eigenvalue weighted by Crippen LogP contribution is -2.57. The summed E-state index contributed by atoms with van der Waals surface area (Å²) in [6.07, 6.45) is 9.53. The first-order chi connectivity index (χ1) is 13.7. The highest BCUT2D eigenvalue weighted by Crippen LogP contribution is 2.67. The van der Waals surface area contributed by atoms with Gasteiger partial charge in [-0.05, 0) is 92.3 Å². The van der Waals surface area contributed by atoms with E-state index in [0.717, 1.165) is 38.5 Å². The van der Waals surface area contributed by atoms with Crippen LogP contribution in [0.4, 0.5) is 0 Å². The van der Waals surface area contributed by atoms with E-state index in [1.807, 2.05) is 0 Å². The number of carbonyl (C=O) groups excluding carboxylic acids is 2. The van der Waals surface area contributed by atoms with Crippen LogP contribution in [0.1, 0.15) is 85.0 Å². The Morgan fingerprint density at radius 1 is 1.17 bits per heavy atom. The number of esters is 1. The van der Waals surface area contributed by atoms with E-state index in [4.69, 9.17) is 4.74 Å². The van der Waals surface area contributed by atoms with Gasteiger partial charge in [-0.25, -0.2) is 0 Å². The molecule has 0 aromatic carbocycles. The van der Waals surface area contributed by atoms with Crippen molar-refractivity contribution in [2.75, 3.05) is 7.11 Å². The van der Waals surface area contributed by atoms with E-state index in [-0.39, 0.29) is 22.9 Å². The van der Waals surface area contributed by atoms with Crippen LogP contribution in [0.2, 0.25) is 0 Å². The molecule has 0 saturated heterocycles. The number of fused-ring (bicyclic) bond motifs is 5. The van der Waals surface area contributed by atoms with E-state index in [1.165, 1.54) is 26.4 Å². The summed E-state index contributed by atoms with van der Waals surface area (Å²) in [4.78, 5) is 25.3. The highest BCUT2D eigenvalue weighted by atomic mass is 16.5. The van der Waals surface area contributed by atoms with Crippen molar-refractivity contribution in [2.45, 2.75) is 91.1 Å². The monoisotopic (exact) mass is 404 g/mol. The van der Waals surface area contributed by atoms with E-state index in [1.54, 1.807) is 0 Å². The van der Waals surface area contributed by atoms with Crippen molar-refractivity contribution in [1.29, 1.82) is 0 Å². The second-order valence-corrected chi connectivity index (χ2v) is 11.3. The summed E-state index contributed by atoms with van der Waals surface area (Å²) in [5, 5.41) is 10.2. The number of methoxy groups -OCH3 is 1. The molecular weight excluding hydrogens is 364 g/mol. The van der Waals surface area contributed by atoms with Gasteiger partial charge >= 0.3 is 5.97 Å². The molecule has 4 fully saturated rings. The minimum Gasteiger partial charge on any atom is -0.469 e. The van der Waals surface area contributed by atoms with Crippen LogP contribution in [0.25, 0.3) is 0 Å². The number of hydrogen-bond acceptors (Lipinski definition) is 4. The maximum atomic E-state index is 13.7. The summed E-state index contributed by atoms with van der Waals surface area (Å²) in [5.41, 5.74) is 0.0157. The van der Waals surface area contributed by atoms with Gasteiger partial charge in [-0.15, -0.1) is 0 Å². The Labute approximate surface area is 176 Å². The Morgan fingerprint density at radius 3 is 2.66 bits per heavy atom. The van der Waals surface area contributed by atoms with Gasteiger partial charge in [0.05, 0.1) is 13.2 Å². The van der Waals surface area contributed by atoms with Crippen molar-refractivity contribution in [3.05, 3.63) is 0 Å². The van der Waals surface area contributed by atoms with E-state index in [0.29, 0.717) is 47.7 Å². The van der Waals surface area contributed by atoms with Crippen molar-refractivity contribution < 1.29 is 19.4 Å². The molecule has 0 aromatic rings. The second kappa shape index (κ2) is 7.66. The fourth-order valence-corrected chi connectivity index (χ4v) is 8.53. The number of ether oxygens (including phenoxy) is 1. The molecule has 4 aliphatic carbocycles. The number of ketones is 1. The highest BCUT2D eigenvalue weighted by Gasteiger charge is 2.63. The number of hydrogen-bond donors (Lipinski definition) is 1. The summed E-state index contributed by atoms with van der Waals surface area (Å²) in [5.74, 6) is 3.37. The van der Waals surface area contributed by atoms with Crippen LogP contribution in [0.15, 0.2) is 0 Å². The first-order valence-corrected chi connectivity index (χ1v) is 12.0. The molecule has 29 heavy (non-hydrogen) atoms. The van der Waals surface area contributed by atoms with Crippen LogP contribution < -0.4 is 0 Å². The normalized spacial score (nSPS) is 47.7. The van der Waals surface area contributed by atoms with Crippen LogP contribution >= 0.6 is 0 Å². The molecule has 0 bridgehead atoms. The van der Waals surface area contributed by atoms with E-state index >= 15 is 0 Å². The third-order valence-electron chi connectivity index (χ3n) is 10.3. The fraction of sp³-hybridized carbons (Fsp3) is 0.920. The summed E-state index contributed by atoms with van der Waals surface area (Å²) in [6, 6.07) is 0. The maximum absolute atomic E-state index is 13.7. The van der Waals surface area contributed by atoms with Crippen molar-refractivity contribution in [3.8, 4) is 0 Å². The Kier molecular flexibility index (Phi) is 5.63. The minimum atomic E-state index is -0.214. The summed E-state index contributed by atoms with van der Waals surface area (Å²) < 4.78 is 4.83. The number of Topliss-reactive ketones (excluding diaryl/α,β-unsaturated/α-hetero) is 1. The van der Waals surface area contributed by atoms with Crippen LogP contribution in [0, 0.1) is 46.3 Å². The van der Waals surface area contributed by atoms with E-state index in [2.05, 4.69) is 20.8 Å². The first-order valence-electron chi connectivity index (χ1n) is 12.0. The molecule has 4 nitrogen and oxygen atoms in total. The number of carbonyl (C=O) groups is 2. The molecule has 0 aliphatic heterocycles. The molecule has 0 amide bonds. The molecule has 9 atom stereocenters. The number of aliphatic hydroxyl groups excluding tert-OH is 1. The van der Waals surface area contributed by atoms with Crippen molar-refractivity contribution >= 4 is 11.8 Å². The van der Waals surface area contributed by atoms with Gasteiger partial charge < -0.3 is 9.84 Å². The Morgan fingerprint density at radius 2 is 1.93 bits per heavy atom. The van der Waals surface area contributed by atoms with Gasteiger partial charge in [0.15, 0.2) is 0 Å². The topological polar surface area (TPSA) is 63.6 Å². The minimum absolute atomic E-state index is 0.138. The standard InChI is InChI=1S/C25H40O4/c1-15(5-10-23(28)29-4)19-8-9-20-18-7-6-16-13-17(26)11-12-24(16,2)21(18)14-22(27)25(19,20)3/h15-21,26H,5-14H2,1-4H3/t15-,16-,17-,18+,19+,20-,21-,24+,25+/m1/s1. The molecule has 4 aliphatic rings. The largest absolute Gasteiger partial charge is 0.469 e. The second-order valence-electron chi connectivity index (χ2n) is 11.3. The quantitative estimate of drug-likeness (QED) is 0.685. The molecule has 0 spiro atoms. The molecule has 4 rings (SSSR count). The van der Waals surface area contributed by atoms with Gasteiger partial charge in [0.25, 0.3) is 0 Å². The molecule has 4 heteroatoms. The molecular formula is C25H40O4. The molecule has 1 N–H and O–H groups in total. The molecule has 0 radical (unpaired) electrons. The van der Waals surface area contributed by atoms with Crippen molar-refractivity contribution in [1.82, 2.24) is 0 Å². The van der Waals surface area contributed by atoms with Gasteiger partial charge in [0, 0.05) is 18.3 Å². The summed E-state index contributed by atoms with van der Waals surface area (Å²) >= 11 is 0. The third kappa shape index (κ3) is 3.28. The SMILES string of the molecule is COC(=O)CC[C@@H](C)[C@@H]1CC[C@@H]2[C@@H]3CC[C@@H]4C[C@H](O)CC[C@]4(C)[C@@H]3CC(=O)[C@]21C. The zero-order chi connectivity index (χ0) is 21.0. The fourth-order valence-electron chi connectivity index (χ4n) is 8.53. The molecule has 4 saturated carbocycles. The van der Waals surface area contributed by atoms with Gasteiger partial charge in [0.1, 0.15) is 5.78 Å². The lowest BCUT2D eigenvalue weighted by molar-refractivity contribution is -0.160. The van der Waals surface area contributed by atoms with E-state index < -0.39 is 0 Å². The lowest BCUT2D eigenvalue weighted by Gasteiger charge is -2.60. The molecule has 164 valence electrons. The van der Waals surface area contributed by atoms with Crippen LogP contribution in [0.3, 0.4) is 0 Å². The average Bonchev–Trinajstić information content (AvgIpc) is 3.06. The highest BCUT2D eigenvalue weighted by molar-refractivity contribution is 5.87.